The number of pyridine rings is 2. The van der Waals surface area contributed by atoms with Crippen molar-refractivity contribution < 1.29 is 0 Å². The lowest BCUT2D eigenvalue weighted by atomic mass is 10.1. The molecule has 0 unspecified atom stereocenters. The van der Waals surface area contributed by atoms with Gasteiger partial charge in [-0.05, 0) is 36.2 Å². The summed E-state index contributed by atoms with van der Waals surface area (Å²) in [7, 11) is 0. The molecule has 0 aromatic carbocycles. The molecule has 2 aromatic rings. The first-order valence-corrected chi connectivity index (χ1v) is 5.11. The molecular weight excluding hydrogens is 200 g/mol. The zero-order chi connectivity index (χ0) is 11.4. The van der Waals surface area contributed by atoms with Crippen molar-refractivity contribution in [1.82, 2.24) is 9.97 Å². The van der Waals surface area contributed by atoms with Crippen molar-refractivity contribution in [3.63, 3.8) is 0 Å². The summed E-state index contributed by atoms with van der Waals surface area (Å²) < 4.78 is 0. The third kappa shape index (κ3) is 2.48. The number of nitrogens with one attached hydrogen (secondary N) is 1. The van der Waals surface area contributed by atoms with Crippen LogP contribution in [0.4, 0.5) is 11.6 Å². The van der Waals surface area contributed by atoms with Gasteiger partial charge in [0.1, 0.15) is 11.6 Å². The largest absolute Gasteiger partial charge is 0.384 e. The summed E-state index contributed by atoms with van der Waals surface area (Å²) in [6.45, 7) is 2.77. The van der Waals surface area contributed by atoms with Crippen LogP contribution in [0, 0.1) is 6.92 Å². The standard InChI is InChI=1S/C12H14N4/c1-9-5-6-14-7-10(9)8-15-12-4-2-3-11(13)16-12/h2-7H,8H2,1H3,(H3,13,15,16). The summed E-state index contributed by atoms with van der Waals surface area (Å²) in [5.74, 6) is 1.30. The molecule has 0 saturated heterocycles. The third-order valence-corrected chi connectivity index (χ3v) is 2.38. The van der Waals surface area contributed by atoms with Gasteiger partial charge in [-0.1, -0.05) is 6.07 Å². The SMILES string of the molecule is Cc1ccncc1CNc1cccc(N)n1. The molecule has 0 spiro atoms. The second-order valence-corrected chi connectivity index (χ2v) is 3.60. The minimum atomic E-state index is 0.521. The van der Waals surface area contributed by atoms with E-state index in [1.165, 1.54) is 5.56 Å². The van der Waals surface area contributed by atoms with Crippen LogP contribution in [-0.4, -0.2) is 9.97 Å². The van der Waals surface area contributed by atoms with Gasteiger partial charge in [0.2, 0.25) is 0 Å². The number of hydrogen-bond acceptors (Lipinski definition) is 4. The smallest absolute Gasteiger partial charge is 0.128 e. The molecule has 0 aliphatic rings. The van der Waals surface area contributed by atoms with E-state index < -0.39 is 0 Å². The molecule has 2 heterocycles. The highest BCUT2D eigenvalue weighted by Crippen LogP contribution is 2.10. The van der Waals surface area contributed by atoms with Crippen molar-refractivity contribution in [1.29, 1.82) is 0 Å². The van der Waals surface area contributed by atoms with Crippen molar-refractivity contribution in [2.45, 2.75) is 13.5 Å². The summed E-state index contributed by atoms with van der Waals surface area (Å²) in [4.78, 5) is 8.25. The van der Waals surface area contributed by atoms with Gasteiger partial charge in [0.15, 0.2) is 0 Å². The zero-order valence-electron chi connectivity index (χ0n) is 9.14. The Balaban J connectivity index is 2.05. The van der Waals surface area contributed by atoms with Crippen LogP contribution >= 0.6 is 0 Å². The van der Waals surface area contributed by atoms with Crippen LogP contribution in [-0.2, 0) is 6.54 Å². The first-order chi connectivity index (χ1) is 7.75. The maximum absolute atomic E-state index is 5.59. The van der Waals surface area contributed by atoms with Gasteiger partial charge in [0.05, 0.1) is 0 Å². The Morgan fingerprint density at radius 3 is 2.94 bits per heavy atom. The Morgan fingerprint density at radius 1 is 1.31 bits per heavy atom. The number of nitrogens with two attached hydrogens (primary N) is 1. The molecule has 0 radical (unpaired) electrons. The molecule has 0 aliphatic carbocycles. The lowest BCUT2D eigenvalue weighted by molar-refractivity contribution is 1.06. The number of nitrogen functional groups attached to an aromatic ring is 1. The van der Waals surface area contributed by atoms with Crippen LogP contribution in [0.2, 0.25) is 0 Å². The van der Waals surface area contributed by atoms with Gasteiger partial charge < -0.3 is 11.1 Å². The Labute approximate surface area is 94.5 Å². The fourth-order valence-corrected chi connectivity index (χ4v) is 1.42. The van der Waals surface area contributed by atoms with Crippen LogP contribution < -0.4 is 11.1 Å². The first kappa shape index (κ1) is 10.4. The van der Waals surface area contributed by atoms with Gasteiger partial charge >= 0.3 is 0 Å². The third-order valence-electron chi connectivity index (χ3n) is 2.38. The fourth-order valence-electron chi connectivity index (χ4n) is 1.42. The molecule has 16 heavy (non-hydrogen) atoms. The molecule has 0 bridgehead atoms. The molecule has 0 atom stereocenters. The molecule has 2 aromatic heterocycles. The Kier molecular flexibility index (Phi) is 3.00. The monoisotopic (exact) mass is 214 g/mol. The van der Waals surface area contributed by atoms with Crippen LogP contribution in [0.15, 0.2) is 36.7 Å². The van der Waals surface area contributed by atoms with Gasteiger partial charge in [-0.2, -0.15) is 0 Å². The Morgan fingerprint density at radius 2 is 2.19 bits per heavy atom. The van der Waals surface area contributed by atoms with Gasteiger partial charge in [-0.25, -0.2) is 4.98 Å². The van der Waals surface area contributed by atoms with E-state index in [2.05, 4.69) is 22.2 Å². The molecule has 2 rings (SSSR count). The molecular formula is C12H14N4. The highest BCUT2D eigenvalue weighted by atomic mass is 15.0. The van der Waals surface area contributed by atoms with E-state index >= 15 is 0 Å². The number of nitrogens with zero attached hydrogens (tertiary/aromatic N) is 2. The summed E-state index contributed by atoms with van der Waals surface area (Å²) >= 11 is 0. The van der Waals surface area contributed by atoms with Gasteiger partial charge in [-0.3, -0.25) is 4.98 Å². The molecule has 0 aliphatic heterocycles. The van der Waals surface area contributed by atoms with Crippen LogP contribution in [0.3, 0.4) is 0 Å². The van der Waals surface area contributed by atoms with Crippen molar-refractivity contribution in [3.05, 3.63) is 47.8 Å². The van der Waals surface area contributed by atoms with Gasteiger partial charge in [0.25, 0.3) is 0 Å². The fraction of sp³-hybridized carbons (Fsp3) is 0.167. The zero-order valence-corrected chi connectivity index (χ0v) is 9.14. The van der Waals surface area contributed by atoms with Crippen LogP contribution in [0.25, 0.3) is 0 Å². The lowest BCUT2D eigenvalue weighted by Crippen LogP contribution is -2.04. The topological polar surface area (TPSA) is 63.8 Å². The molecule has 82 valence electrons. The molecule has 0 fully saturated rings. The second-order valence-electron chi connectivity index (χ2n) is 3.60. The van der Waals surface area contributed by atoms with Crippen molar-refractivity contribution in [3.8, 4) is 0 Å². The molecule has 0 saturated carbocycles. The quantitative estimate of drug-likeness (QED) is 0.820. The first-order valence-electron chi connectivity index (χ1n) is 5.11. The summed E-state index contributed by atoms with van der Waals surface area (Å²) in [6, 6.07) is 7.52. The van der Waals surface area contributed by atoms with Crippen molar-refractivity contribution in [2.75, 3.05) is 11.1 Å². The summed E-state index contributed by atoms with van der Waals surface area (Å²) in [5.41, 5.74) is 7.97. The highest BCUT2D eigenvalue weighted by molar-refractivity contribution is 5.43. The normalized spacial score (nSPS) is 10.1. The van der Waals surface area contributed by atoms with Crippen molar-refractivity contribution >= 4 is 11.6 Å². The predicted octanol–water partition coefficient (Wildman–Crippen LogP) is 1.98. The predicted molar refractivity (Wildman–Crippen MR) is 65.0 cm³/mol. The highest BCUT2D eigenvalue weighted by Gasteiger charge is 1.98. The maximum atomic E-state index is 5.59. The second kappa shape index (κ2) is 4.61. The number of hydrogen-bond donors (Lipinski definition) is 2. The van der Waals surface area contributed by atoms with E-state index in [1.807, 2.05) is 24.4 Å². The van der Waals surface area contributed by atoms with E-state index in [1.54, 1.807) is 12.3 Å². The molecule has 3 N–H and O–H groups in total. The minimum Gasteiger partial charge on any atom is -0.384 e. The minimum absolute atomic E-state index is 0.521. The Bertz CT molecular complexity index is 482. The maximum Gasteiger partial charge on any atom is 0.128 e. The van der Waals surface area contributed by atoms with E-state index in [0.29, 0.717) is 12.4 Å². The average molecular weight is 214 g/mol. The number of anilines is 2. The van der Waals surface area contributed by atoms with Crippen LogP contribution in [0.1, 0.15) is 11.1 Å². The average Bonchev–Trinajstić information content (AvgIpc) is 2.28. The number of aryl methyl sites for hydroxylation is 1. The lowest BCUT2D eigenvalue weighted by Gasteiger charge is -2.07. The van der Waals surface area contributed by atoms with Gasteiger partial charge in [-0.15, -0.1) is 0 Å². The molecule has 4 heteroatoms. The van der Waals surface area contributed by atoms with E-state index in [9.17, 15) is 0 Å². The Hall–Kier alpha value is -2.10. The van der Waals surface area contributed by atoms with E-state index in [-0.39, 0.29) is 0 Å². The van der Waals surface area contributed by atoms with Crippen molar-refractivity contribution in [2.24, 2.45) is 0 Å². The molecule has 4 nitrogen and oxygen atoms in total. The van der Waals surface area contributed by atoms with E-state index in [4.69, 9.17) is 5.73 Å². The summed E-state index contributed by atoms with van der Waals surface area (Å²) in [5, 5.41) is 3.21. The van der Waals surface area contributed by atoms with Gasteiger partial charge in [0, 0.05) is 18.9 Å². The number of rotatable bonds is 3. The van der Waals surface area contributed by atoms with Crippen LogP contribution in [0.5, 0.6) is 0 Å². The molecule has 0 amide bonds. The van der Waals surface area contributed by atoms with E-state index in [0.717, 1.165) is 11.4 Å². The number of aromatic nitrogens is 2. The summed E-state index contributed by atoms with van der Waals surface area (Å²) in [6.07, 6.45) is 3.65.